The van der Waals surface area contributed by atoms with Crippen LogP contribution in [0.5, 0.6) is 0 Å². The van der Waals surface area contributed by atoms with Gasteiger partial charge in [-0.25, -0.2) is 0 Å². The maximum absolute atomic E-state index is 5.57. The molecule has 0 heterocycles. The number of hydrogen-bond donors (Lipinski definition) is 0. The summed E-state index contributed by atoms with van der Waals surface area (Å²) in [6.07, 6.45) is 3.75. The molecule has 0 aliphatic carbocycles. The molecule has 0 bridgehead atoms. The van der Waals surface area contributed by atoms with Crippen molar-refractivity contribution in [1.29, 1.82) is 0 Å². The van der Waals surface area contributed by atoms with E-state index in [-0.39, 0.29) is 12.4 Å². The lowest BCUT2D eigenvalue weighted by Crippen LogP contribution is -2.23. The second kappa shape index (κ2) is 11.5. The van der Waals surface area contributed by atoms with Crippen molar-refractivity contribution in [2.45, 2.75) is 33.1 Å². The van der Waals surface area contributed by atoms with E-state index in [9.17, 15) is 0 Å². The average Bonchev–Trinajstić information content (AvgIpc) is 2.05. The minimum Gasteiger partial charge on any atom is -0.304 e. The zero-order valence-electron chi connectivity index (χ0n) is 8.18. The van der Waals surface area contributed by atoms with E-state index < -0.39 is 0 Å². The zero-order chi connectivity index (χ0) is 8.53. The third-order valence-corrected chi connectivity index (χ3v) is 2.27. The molecule has 0 saturated heterocycles. The molecule has 0 aromatic carbocycles. The standard InChI is InChI=1S/C9H20ClN.ClH/c1-3-11(4-2)9-7-5-6-8-10;/h3-9H2,1-2H3;1H. The fourth-order valence-corrected chi connectivity index (χ4v) is 1.34. The molecule has 1 nitrogen and oxygen atoms in total. The van der Waals surface area contributed by atoms with Crippen LogP contribution in [0.25, 0.3) is 0 Å². The average molecular weight is 214 g/mol. The first-order valence-corrected chi connectivity index (χ1v) is 5.16. The van der Waals surface area contributed by atoms with Gasteiger partial charge >= 0.3 is 0 Å². The van der Waals surface area contributed by atoms with Gasteiger partial charge in [-0.2, -0.15) is 0 Å². The first kappa shape index (κ1) is 15.0. The Morgan fingerprint density at radius 1 is 1.00 bits per heavy atom. The van der Waals surface area contributed by atoms with Gasteiger partial charge in [0.05, 0.1) is 0 Å². The molecule has 0 saturated carbocycles. The summed E-state index contributed by atoms with van der Waals surface area (Å²) in [4.78, 5) is 2.45. The molecule has 0 spiro atoms. The smallest absolute Gasteiger partial charge is 0.0223 e. The minimum absolute atomic E-state index is 0. The van der Waals surface area contributed by atoms with E-state index in [0.29, 0.717) is 0 Å². The van der Waals surface area contributed by atoms with Crippen LogP contribution >= 0.6 is 24.0 Å². The maximum Gasteiger partial charge on any atom is 0.0223 e. The van der Waals surface area contributed by atoms with Crippen molar-refractivity contribution in [3.05, 3.63) is 0 Å². The summed E-state index contributed by atoms with van der Waals surface area (Å²) in [5.41, 5.74) is 0. The molecule has 0 aliphatic heterocycles. The summed E-state index contributed by atoms with van der Waals surface area (Å²) >= 11 is 5.57. The van der Waals surface area contributed by atoms with E-state index >= 15 is 0 Å². The lowest BCUT2D eigenvalue weighted by atomic mass is 10.2. The van der Waals surface area contributed by atoms with Crippen molar-refractivity contribution < 1.29 is 0 Å². The highest BCUT2D eigenvalue weighted by atomic mass is 35.5. The second-order valence-electron chi connectivity index (χ2n) is 2.78. The van der Waals surface area contributed by atoms with Crippen LogP contribution < -0.4 is 0 Å². The SMILES string of the molecule is CCN(CC)CCCCCCl.Cl. The van der Waals surface area contributed by atoms with Gasteiger partial charge in [-0.1, -0.05) is 20.3 Å². The molecule has 0 N–H and O–H groups in total. The predicted molar refractivity (Wildman–Crippen MR) is 59.6 cm³/mol. The number of halogens is 2. The van der Waals surface area contributed by atoms with Gasteiger partial charge in [0.1, 0.15) is 0 Å². The Hall–Kier alpha value is 0.540. The van der Waals surface area contributed by atoms with Crippen LogP contribution in [0.1, 0.15) is 33.1 Å². The van der Waals surface area contributed by atoms with Crippen molar-refractivity contribution in [3.63, 3.8) is 0 Å². The van der Waals surface area contributed by atoms with Gasteiger partial charge < -0.3 is 4.90 Å². The molecule has 3 heteroatoms. The van der Waals surface area contributed by atoms with Gasteiger partial charge in [-0.15, -0.1) is 24.0 Å². The molecule has 0 rings (SSSR count). The zero-order valence-corrected chi connectivity index (χ0v) is 9.76. The van der Waals surface area contributed by atoms with Crippen LogP contribution in [0.4, 0.5) is 0 Å². The van der Waals surface area contributed by atoms with Crippen LogP contribution in [0.3, 0.4) is 0 Å². The Kier molecular flexibility index (Phi) is 14.5. The van der Waals surface area contributed by atoms with Gasteiger partial charge in [0.2, 0.25) is 0 Å². The second-order valence-corrected chi connectivity index (χ2v) is 3.15. The molecule has 0 atom stereocenters. The Balaban J connectivity index is 0. The molecule has 0 aromatic heterocycles. The van der Waals surface area contributed by atoms with Crippen molar-refractivity contribution >= 4 is 24.0 Å². The van der Waals surface area contributed by atoms with Crippen molar-refractivity contribution in [1.82, 2.24) is 4.90 Å². The number of unbranched alkanes of at least 4 members (excludes halogenated alkanes) is 2. The van der Waals surface area contributed by atoms with Crippen molar-refractivity contribution in [2.75, 3.05) is 25.5 Å². The summed E-state index contributed by atoms with van der Waals surface area (Å²) in [5, 5.41) is 0. The van der Waals surface area contributed by atoms with Gasteiger partial charge in [0.25, 0.3) is 0 Å². The van der Waals surface area contributed by atoms with Crippen LogP contribution in [-0.2, 0) is 0 Å². The summed E-state index contributed by atoms with van der Waals surface area (Å²) < 4.78 is 0. The van der Waals surface area contributed by atoms with Crippen molar-refractivity contribution in [3.8, 4) is 0 Å². The third-order valence-electron chi connectivity index (χ3n) is 2.00. The fourth-order valence-electron chi connectivity index (χ4n) is 1.15. The molecule has 12 heavy (non-hydrogen) atoms. The van der Waals surface area contributed by atoms with E-state index in [0.717, 1.165) is 5.88 Å². The molecule has 0 amide bonds. The molecule has 0 unspecified atom stereocenters. The number of alkyl halides is 1. The first-order chi connectivity index (χ1) is 5.35. The molecule has 0 fully saturated rings. The molecule has 0 aliphatic rings. The number of hydrogen-bond acceptors (Lipinski definition) is 1. The topological polar surface area (TPSA) is 3.24 Å². The van der Waals surface area contributed by atoms with Crippen LogP contribution in [0.15, 0.2) is 0 Å². The molecular formula is C9H21Cl2N. The van der Waals surface area contributed by atoms with Gasteiger partial charge in [0, 0.05) is 5.88 Å². The Bertz CT molecular complexity index is 74.9. The lowest BCUT2D eigenvalue weighted by molar-refractivity contribution is 0.296. The monoisotopic (exact) mass is 213 g/mol. The Labute approximate surface area is 87.9 Å². The Morgan fingerprint density at radius 3 is 2.00 bits per heavy atom. The predicted octanol–water partition coefficient (Wildman–Crippen LogP) is 3.16. The normalized spacial score (nSPS) is 10.0. The molecule has 76 valence electrons. The minimum atomic E-state index is 0. The van der Waals surface area contributed by atoms with Crippen LogP contribution in [-0.4, -0.2) is 30.4 Å². The fraction of sp³-hybridized carbons (Fsp3) is 1.00. The third kappa shape index (κ3) is 8.63. The maximum atomic E-state index is 5.57. The Morgan fingerprint density at radius 2 is 1.58 bits per heavy atom. The summed E-state index contributed by atoms with van der Waals surface area (Å²) in [5.74, 6) is 0.818. The summed E-state index contributed by atoms with van der Waals surface area (Å²) in [6, 6.07) is 0. The van der Waals surface area contributed by atoms with Crippen LogP contribution in [0, 0.1) is 0 Å². The van der Waals surface area contributed by atoms with E-state index in [1.807, 2.05) is 0 Å². The largest absolute Gasteiger partial charge is 0.304 e. The highest BCUT2D eigenvalue weighted by molar-refractivity contribution is 6.17. The van der Waals surface area contributed by atoms with Gasteiger partial charge in [0.15, 0.2) is 0 Å². The van der Waals surface area contributed by atoms with E-state index in [2.05, 4.69) is 18.7 Å². The van der Waals surface area contributed by atoms with E-state index in [1.165, 1.54) is 38.9 Å². The number of rotatable bonds is 7. The van der Waals surface area contributed by atoms with E-state index in [4.69, 9.17) is 11.6 Å². The quantitative estimate of drug-likeness (QED) is 0.464. The molecule has 0 radical (unpaired) electrons. The molecule has 0 aromatic rings. The summed E-state index contributed by atoms with van der Waals surface area (Å²) in [6.45, 7) is 8.02. The lowest BCUT2D eigenvalue weighted by Gasteiger charge is -2.17. The highest BCUT2D eigenvalue weighted by Crippen LogP contribution is 1.99. The first-order valence-electron chi connectivity index (χ1n) is 4.63. The van der Waals surface area contributed by atoms with Gasteiger partial charge in [-0.05, 0) is 32.5 Å². The summed E-state index contributed by atoms with van der Waals surface area (Å²) in [7, 11) is 0. The highest BCUT2D eigenvalue weighted by Gasteiger charge is 1.96. The van der Waals surface area contributed by atoms with Crippen LogP contribution in [0.2, 0.25) is 0 Å². The van der Waals surface area contributed by atoms with Crippen molar-refractivity contribution in [2.24, 2.45) is 0 Å². The number of nitrogens with zero attached hydrogens (tertiary/aromatic N) is 1. The van der Waals surface area contributed by atoms with E-state index in [1.54, 1.807) is 0 Å². The van der Waals surface area contributed by atoms with Gasteiger partial charge in [-0.3, -0.25) is 0 Å². The molecular weight excluding hydrogens is 193 g/mol.